The lowest BCUT2D eigenvalue weighted by atomic mass is 9.95. The van der Waals surface area contributed by atoms with Gasteiger partial charge in [0.2, 0.25) is 0 Å². The fourth-order valence-electron chi connectivity index (χ4n) is 1.78. The van der Waals surface area contributed by atoms with Crippen LogP contribution in [0.15, 0.2) is 18.2 Å². The summed E-state index contributed by atoms with van der Waals surface area (Å²) in [5.41, 5.74) is 7.33. The third-order valence-electron chi connectivity index (χ3n) is 3.02. The van der Waals surface area contributed by atoms with E-state index < -0.39 is 12.1 Å². The molecule has 1 aromatic rings. The minimum absolute atomic E-state index is 0. The summed E-state index contributed by atoms with van der Waals surface area (Å²) in [4.78, 5) is 0. The van der Waals surface area contributed by atoms with Crippen LogP contribution in [0.1, 0.15) is 43.9 Å². The van der Waals surface area contributed by atoms with Crippen molar-refractivity contribution in [3.8, 4) is 0 Å². The predicted molar refractivity (Wildman–Crippen MR) is 75.4 cm³/mol. The Kier molecular flexibility index (Phi) is 7.45. The van der Waals surface area contributed by atoms with E-state index >= 15 is 0 Å². The highest BCUT2D eigenvalue weighted by atomic mass is 35.5. The second-order valence-corrected chi connectivity index (χ2v) is 5.07. The molecule has 0 fully saturated rings. The first-order valence-electron chi connectivity index (χ1n) is 6.11. The molecule has 3 N–H and O–H groups in total. The van der Waals surface area contributed by atoms with Crippen molar-refractivity contribution in [2.24, 2.45) is 11.7 Å². The van der Waals surface area contributed by atoms with Gasteiger partial charge in [0.15, 0.2) is 0 Å². The van der Waals surface area contributed by atoms with Crippen molar-refractivity contribution in [3.63, 3.8) is 0 Å². The van der Waals surface area contributed by atoms with Gasteiger partial charge in [-0.25, -0.2) is 4.39 Å². The van der Waals surface area contributed by atoms with Crippen LogP contribution in [0.2, 0.25) is 0 Å². The first-order valence-corrected chi connectivity index (χ1v) is 6.11. The van der Waals surface area contributed by atoms with Crippen molar-refractivity contribution < 1.29 is 9.50 Å². The van der Waals surface area contributed by atoms with Gasteiger partial charge >= 0.3 is 0 Å². The minimum Gasteiger partial charge on any atom is -0.391 e. The Balaban J connectivity index is 0.00000289. The third kappa shape index (κ3) is 4.92. The smallest absolute Gasteiger partial charge is 0.126 e. The monoisotopic (exact) mass is 275 g/mol. The van der Waals surface area contributed by atoms with Crippen LogP contribution >= 0.6 is 12.4 Å². The zero-order valence-corrected chi connectivity index (χ0v) is 12.0. The van der Waals surface area contributed by atoms with Gasteiger partial charge in [-0.05, 0) is 42.9 Å². The van der Waals surface area contributed by atoms with Gasteiger partial charge in [0.1, 0.15) is 5.82 Å². The summed E-state index contributed by atoms with van der Waals surface area (Å²) in [6.45, 7) is 5.92. The molecule has 0 aliphatic heterocycles. The largest absolute Gasteiger partial charge is 0.391 e. The molecule has 0 saturated carbocycles. The highest BCUT2D eigenvalue weighted by molar-refractivity contribution is 5.85. The zero-order chi connectivity index (χ0) is 13.0. The van der Waals surface area contributed by atoms with Gasteiger partial charge in [0, 0.05) is 0 Å². The lowest BCUT2D eigenvalue weighted by Gasteiger charge is -2.20. The molecular weight excluding hydrogens is 253 g/mol. The van der Waals surface area contributed by atoms with E-state index in [1.807, 2.05) is 0 Å². The highest BCUT2D eigenvalue weighted by Crippen LogP contribution is 2.21. The van der Waals surface area contributed by atoms with E-state index in [9.17, 15) is 9.50 Å². The van der Waals surface area contributed by atoms with Crippen LogP contribution in [0.4, 0.5) is 4.39 Å². The van der Waals surface area contributed by atoms with Gasteiger partial charge in [-0.15, -0.1) is 12.4 Å². The topological polar surface area (TPSA) is 46.2 Å². The maximum atomic E-state index is 13.1. The molecule has 4 heteroatoms. The number of hydrogen-bond donors (Lipinski definition) is 2. The van der Waals surface area contributed by atoms with E-state index in [1.54, 1.807) is 19.1 Å². The van der Waals surface area contributed by atoms with Crippen molar-refractivity contribution in [2.45, 2.75) is 45.8 Å². The molecule has 2 nitrogen and oxygen atoms in total. The maximum Gasteiger partial charge on any atom is 0.126 e. The molecule has 0 bridgehead atoms. The summed E-state index contributed by atoms with van der Waals surface area (Å²) in [5, 5.41) is 9.96. The normalized spacial score (nSPS) is 14.2. The van der Waals surface area contributed by atoms with Crippen LogP contribution in [0.3, 0.4) is 0 Å². The Morgan fingerprint density at radius 1 is 1.28 bits per heavy atom. The highest BCUT2D eigenvalue weighted by Gasteiger charge is 2.17. The van der Waals surface area contributed by atoms with Gasteiger partial charge in [-0.1, -0.05) is 26.0 Å². The third-order valence-corrected chi connectivity index (χ3v) is 3.02. The van der Waals surface area contributed by atoms with Crippen molar-refractivity contribution in [3.05, 3.63) is 35.1 Å². The molecule has 104 valence electrons. The predicted octanol–water partition coefficient (Wildman–Crippen LogP) is 3.35. The molecule has 2 atom stereocenters. The van der Waals surface area contributed by atoms with Crippen molar-refractivity contribution >= 4 is 12.4 Å². The zero-order valence-electron chi connectivity index (χ0n) is 11.2. The standard InChI is InChI=1S/C14H22FNO.ClH/c1-9(2)4-7-13(17)14(16)11-5-6-12(15)10(3)8-11;/h5-6,8-9,13-14,17H,4,7,16H2,1-3H3;1H/t13-,14+;/m0./s1. The average molecular weight is 276 g/mol. The Morgan fingerprint density at radius 3 is 2.39 bits per heavy atom. The number of aliphatic hydroxyl groups is 1. The number of rotatable bonds is 5. The van der Waals surface area contributed by atoms with Crippen LogP contribution in [-0.4, -0.2) is 11.2 Å². The number of halogens is 2. The summed E-state index contributed by atoms with van der Waals surface area (Å²) in [7, 11) is 0. The molecule has 0 radical (unpaired) electrons. The van der Waals surface area contributed by atoms with Crippen LogP contribution < -0.4 is 5.73 Å². The number of aryl methyl sites for hydroxylation is 1. The molecule has 0 spiro atoms. The van der Waals surface area contributed by atoms with E-state index in [4.69, 9.17) is 5.73 Å². The van der Waals surface area contributed by atoms with Crippen molar-refractivity contribution in [2.75, 3.05) is 0 Å². The van der Waals surface area contributed by atoms with Crippen LogP contribution in [0, 0.1) is 18.7 Å². The summed E-state index contributed by atoms with van der Waals surface area (Å²) < 4.78 is 13.1. The molecule has 0 unspecified atom stereocenters. The SMILES string of the molecule is Cc1cc([C@@H](N)[C@@H](O)CCC(C)C)ccc1F.Cl. The number of hydrogen-bond acceptors (Lipinski definition) is 2. The lowest BCUT2D eigenvalue weighted by Crippen LogP contribution is -2.26. The summed E-state index contributed by atoms with van der Waals surface area (Å²) >= 11 is 0. The van der Waals surface area contributed by atoms with Gasteiger partial charge in [-0.2, -0.15) is 0 Å². The molecule has 0 aromatic heterocycles. The van der Waals surface area contributed by atoms with Crippen LogP contribution in [0.5, 0.6) is 0 Å². The molecule has 18 heavy (non-hydrogen) atoms. The number of aliphatic hydroxyl groups excluding tert-OH is 1. The summed E-state index contributed by atoms with van der Waals surface area (Å²) in [5.74, 6) is 0.310. The minimum atomic E-state index is -0.567. The molecule has 0 saturated heterocycles. The molecular formula is C14H23ClFNO. The molecule has 0 amide bonds. The van der Waals surface area contributed by atoms with E-state index in [1.165, 1.54) is 6.07 Å². The molecule has 0 aliphatic rings. The van der Waals surface area contributed by atoms with Crippen molar-refractivity contribution in [1.29, 1.82) is 0 Å². The lowest BCUT2D eigenvalue weighted by molar-refractivity contribution is 0.128. The summed E-state index contributed by atoms with van der Waals surface area (Å²) in [6.07, 6.45) is 1.05. The Bertz CT molecular complexity index is 371. The summed E-state index contributed by atoms with van der Waals surface area (Å²) in [6, 6.07) is 4.32. The average Bonchev–Trinajstić information content (AvgIpc) is 2.28. The Hall–Kier alpha value is -0.640. The maximum absolute atomic E-state index is 13.1. The van der Waals surface area contributed by atoms with Gasteiger partial charge < -0.3 is 10.8 Å². The van der Waals surface area contributed by atoms with Gasteiger partial charge in [-0.3, -0.25) is 0 Å². The number of nitrogens with two attached hydrogens (primary N) is 1. The Morgan fingerprint density at radius 2 is 1.89 bits per heavy atom. The van der Waals surface area contributed by atoms with E-state index in [-0.39, 0.29) is 18.2 Å². The van der Waals surface area contributed by atoms with E-state index in [2.05, 4.69) is 13.8 Å². The van der Waals surface area contributed by atoms with E-state index in [0.717, 1.165) is 12.0 Å². The van der Waals surface area contributed by atoms with Crippen LogP contribution in [0.25, 0.3) is 0 Å². The molecule has 1 rings (SSSR count). The first kappa shape index (κ1) is 17.4. The first-order chi connectivity index (χ1) is 7.91. The Labute approximate surface area is 115 Å². The fraction of sp³-hybridized carbons (Fsp3) is 0.571. The second-order valence-electron chi connectivity index (χ2n) is 5.07. The quantitative estimate of drug-likeness (QED) is 0.866. The van der Waals surface area contributed by atoms with Crippen LogP contribution in [-0.2, 0) is 0 Å². The van der Waals surface area contributed by atoms with Crippen molar-refractivity contribution in [1.82, 2.24) is 0 Å². The molecule has 1 aromatic carbocycles. The van der Waals surface area contributed by atoms with Gasteiger partial charge in [0.25, 0.3) is 0 Å². The van der Waals surface area contributed by atoms with Gasteiger partial charge in [0.05, 0.1) is 12.1 Å². The molecule has 0 heterocycles. The van der Waals surface area contributed by atoms with E-state index in [0.29, 0.717) is 17.9 Å². The molecule has 0 aliphatic carbocycles. The fourth-order valence-corrected chi connectivity index (χ4v) is 1.78. The second kappa shape index (κ2) is 7.72. The number of benzene rings is 1.